The fraction of sp³-hybridized carbons (Fsp3) is 0.611. The second kappa shape index (κ2) is 6.56. The lowest BCUT2D eigenvalue weighted by atomic mass is 10.2. The van der Waals surface area contributed by atoms with Crippen LogP contribution in [0, 0.1) is 0 Å². The van der Waals surface area contributed by atoms with Crippen LogP contribution in [0.1, 0.15) is 10.4 Å². The van der Waals surface area contributed by atoms with Gasteiger partial charge in [0.15, 0.2) is 12.6 Å². The van der Waals surface area contributed by atoms with E-state index in [0.29, 0.717) is 12.2 Å². The molecule has 8 heteroatoms. The minimum atomic E-state index is -0.483. The molecule has 0 amide bonds. The van der Waals surface area contributed by atoms with Crippen LogP contribution in [-0.4, -0.2) is 75.5 Å². The molecular formula is C18H20O8. The Bertz CT molecular complexity index is 666. The monoisotopic (exact) mass is 364 g/mol. The van der Waals surface area contributed by atoms with Gasteiger partial charge in [-0.05, 0) is 12.1 Å². The molecule has 0 spiro atoms. The highest BCUT2D eigenvalue weighted by molar-refractivity contribution is 5.89. The van der Waals surface area contributed by atoms with Gasteiger partial charge >= 0.3 is 5.97 Å². The van der Waals surface area contributed by atoms with E-state index in [1.165, 1.54) is 0 Å². The van der Waals surface area contributed by atoms with Crippen LogP contribution in [-0.2, 0) is 33.2 Å². The summed E-state index contributed by atoms with van der Waals surface area (Å²) in [5.41, 5.74) is 0.511. The van der Waals surface area contributed by atoms with Crippen LogP contribution in [0.4, 0.5) is 0 Å². The molecule has 0 radical (unpaired) electrons. The van der Waals surface area contributed by atoms with Gasteiger partial charge in [-0.1, -0.05) is 18.2 Å². The highest BCUT2D eigenvalue weighted by atomic mass is 16.8. The van der Waals surface area contributed by atoms with Gasteiger partial charge in [0.2, 0.25) is 0 Å². The van der Waals surface area contributed by atoms with Gasteiger partial charge in [-0.3, -0.25) is 0 Å². The molecule has 0 unspecified atom stereocenters. The highest BCUT2D eigenvalue weighted by Gasteiger charge is 2.61. The van der Waals surface area contributed by atoms with E-state index < -0.39 is 6.29 Å². The van der Waals surface area contributed by atoms with E-state index in [1.54, 1.807) is 31.4 Å². The van der Waals surface area contributed by atoms with Crippen molar-refractivity contribution in [1.82, 2.24) is 0 Å². The summed E-state index contributed by atoms with van der Waals surface area (Å²) in [6.07, 6.45) is -1.47. The van der Waals surface area contributed by atoms with Gasteiger partial charge in [-0.25, -0.2) is 4.79 Å². The number of carbonyl (C=O) groups excluding carboxylic acids is 1. The standard InChI is InChI=1S/C18H20O8/c1-20-17-14-12(25-14)11(23-17)8-22-18-15-13(26-15)10(24-18)7-21-16(19)9-5-3-2-4-6-9/h2-6,10-15,17-18H,7-8H2,1H3/t10-,11-,12+,13+,14+,15+,17+,18+/m1/s1. The third-order valence-corrected chi connectivity index (χ3v) is 5.06. The largest absolute Gasteiger partial charge is 0.459 e. The van der Waals surface area contributed by atoms with Crippen molar-refractivity contribution in [3.63, 3.8) is 0 Å². The van der Waals surface area contributed by atoms with E-state index in [0.717, 1.165) is 0 Å². The third kappa shape index (κ3) is 3.02. The Balaban J connectivity index is 1.08. The van der Waals surface area contributed by atoms with Crippen molar-refractivity contribution in [3.05, 3.63) is 35.9 Å². The maximum absolute atomic E-state index is 12.0. The molecule has 0 aromatic heterocycles. The van der Waals surface area contributed by atoms with Crippen LogP contribution in [0.3, 0.4) is 0 Å². The number of hydrogen-bond donors (Lipinski definition) is 0. The first-order valence-corrected chi connectivity index (χ1v) is 8.73. The normalized spacial score (nSPS) is 42.2. The minimum Gasteiger partial charge on any atom is -0.459 e. The van der Waals surface area contributed by atoms with Crippen molar-refractivity contribution < 1.29 is 38.0 Å². The molecule has 4 aliphatic heterocycles. The lowest BCUT2D eigenvalue weighted by molar-refractivity contribution is -0.215. The van der Waals surface area contributed by atoms with Crippen molar-refractivity contribution >= 4 is 5.97 Å². The summed E-state index contributed by atoms with van der Waals surface area (Å²) < 4.78 is 38.9. The number of carbonyl (C=O) groups is 1. The van der Waals surface area contributed by atoms with Gasteiger partial charge < -0.3 is 33.2 Å². The maximum Gasteiger partial charge on any atom is 0.338 e. The molecule has 4 heterocycles. The average molecular weight is 364 g/mol. The summed E-state index contributed by atoms with van der Waals surface area (Å²) in [6, 6.07) is 8.85. The van der Waals surface area contributed by atoms with Crippen molar-refractivity contribution in [2.24, 2.45) is 0 Å². The maximum atomic E-state index is 12.0. The molecule has 4 aliphatic rings. The van der Waals surface area contributed by atoms with Gasteiger partial charge in [0.05, 0.1) is 12.2 Å². The summed E-state index contributed by atoms with van der Waals surface area (Å²) in [5.74, 6) is -0.377. The minimum absolute atomic E-state index is 0.00756. The fourth-order valence-electron chi connectivity index (χ4n) is 3.56. The molecule has 26 heavy (non-hydrogen) atoms. The summed E-state index contributed by atoms with van der Waals surface area (Å²) in [7, 11) is 1.59. The quantitative estimate of drug-likeness (QED) is 0.510. The molecular weight excluding hydrogens is 344 g/mol. The zero-order chi connectivity index (χ0) is 17.7. The first kappa shape index (κ1) is 16.6. The van der Waals surface area contributed by atoms with Crippen LogP contribution in [0.5, 0.6) is 0 Å². The van der Waals surface area contributed by atoms with Crippen molar-refractivity contribution in [2.75, 3.05) is 20.3 Å². The molecule has 8 atom stereocenters. The van der Waals surface area contributed by atoms with Crippen LogP contribution in [0.15, 0.2) is 30.3 Å². The SMILES string of the molecule is CO[C@H]1O[C@H](CO[C@H]2O[C@H](COC(=O)c3ccccc3)[C@@H]3O[C@H]23)[C@@H]2O[C@H]12. The molecule has 8 nitrogen and oxygen atoms in total. The zero-order valence-corrected chi connectivity index (χ0v) is 14.2. The lowest BCUT2D eigenvalue weighted by Gasteiger charge is -2.21. The molecule has 1 aromatic rings. The van der Waals surface area contributed by atoms with E-state index in [1.807, 2.05) is 6.07 Å². The van der Waals surface area contributed by atoms with E-state index in [4.69, 9.17) is 33.2 Å². The number of fused-ring (bicyclic) bond motifs is 2. The Morgan fingerprint density at radius 2 is 1.54 bits per heavy atom. The smallest absolute Gasteiger partial charge is 0.338 e. The Kier molecular flexibility index (Phi) is 4.19. The Labute approximate surface area is 150 Å². The average Bonchev–Trinajstić information content (AvgIpc) is 3.58. The Morgan fingerprint density at radius 3 is 2.23 bits per heavy atom. The number of epoxide rings is 2. The summed E-state index contributed by atoms with van der Waals surface area (Å²) >= 11 is 0. The van der Waals surface area contributed by atoms with Crippen molar-refractivity contribution in [2.45, 2.75) is 49.2 Å². The third-order valence-electron chi connectivity index (χ3n) is 5.06. The fourth-order valence-corrected chi connectivity index (χ4v) is 3.56. The number of rotatable bonds is 7. The molecule has 0 N–H and O–H groups in total. The molecule has 4 saturated heterocycles. The lowest BCUT2D eigenvalue weighted by Crippen LogP contribution is -2.31. The Hall–Kier alpha value is -1.55. The first-order chi connectivity index (χ1) is 12.7. The number of methoxy groups -OCH3 is 1. The second-order valence-corrected chi connectivity index (χ2v) is 6.75. The summed E-state index contributed by atoms with van der Waals surface area (Å²) in [6.45, 7) is 0.475. The van der Waals surface area contributed by atoms with Gasteiger partial charge in [-0.15, -0.1) is 0 Å². The van der Waals surface area contributed by atoms with Gasteiger partial charge in [-0.2, -0.15) is 0 Å². The van der Waals surface area contributed by atoms with Crippen molar-refractivity contribution in [3.8, 4) is 0 Å². The molecule has 0 bridgehead atoms. The molecule has 140 valence electrons. The highest BCUT2D eigenvalue weighted by Crippen LogP contribution is 2.42. The molecule has 0 aliphatic carbocycles. The molecule has 5 rings (SSSR count). The summed E-state index contributed by atoms with van der Waals surface area (Å²) in [4.78, 5) is 12.0. The molecule has 0 saturated carbocycles. The number of benzene rings is 1. The second-order valence-electron chi connectivity index (χ2n) is 6.75. The van der Waals surface area contributed by atoms with Crippen LogP contribution < -0.4 is 0 Å². The molecule has 1 aromatic carbocycles. The summed E-state index contributed by atoms with van der Waals surface area (Å²) in [5, 5.41) is 0. The topological polar surface area (TPSA) is 88.3 Å². The molecule has 4 fully saturated rings. The van der Waals surface area contributed by atoms with Gasteiger partial charge in [0.25, 0.3) is 0 Å². The van der Waals surface area contributed by atoms with Gasteiger partial charge in [0, 0.05) is 7.11 Å². The first-order valence-electron chi connectivity index (χ1n) is 8.73. The van der Waals surface area contributed by atoms with E-state index in [9.17, 15) is 4.79 Å². The number of hydrogen-bond acceptors (Lipinski definition) is 8. The zero-order valence-electron chi connectivity index (χ0n) is 14.2. The van der Waals surface area contributed by atoms with Crippen molar-refractivity contribution in [1.29, 1.82) is 0 Å². The predicted molar refractivity (Wildman–Crippen MR) is 84.3 cm³/mol. The van der Waals surface area contributed by atoms with Gasteiger partial charge in [0.1, 0.15) is 43.2 Å². The van der Waals surface area contributed by atoms with E-state index in [-0.39, 0.29) is 55.5 Å². The van der Waals surface area contributed by atoms with E-state index >= 15 is 0 Å². The van der Waals surface area contributed by atoms with Crippen LogP contribution >= 0.6 is 0 Å². The predicted octanol–water partition coefficient (Wildman–Crippen LogP) is 0.491. The number of esters is 1. The van der Waals surface area contributed by atoms with E-state index in [2.05, 4.69) is 0 Å². The van der Waals surface area contributed by atoms with Crippen LogP contribution in [0.2, 0.25) is 0 Å². The Morgan fingerprint density at radius 1 is 0.885 bits per heavy atom. The number of ether oxygens (including phenoxy) is 7. The van der Waals surface area contributed by atoms with Crippen LogP contribution in [0.25, 0.3) is 0 Å².